The summed E-state index contributed by atoms with van der Waals surface area (Å²) in [5.41, 5.74) is 2.50. The Hall–Kier alpha value is -2.25. The fourth-order valence-corrected chi connectivity index (χ4v) is 2.75. The Morgan fingerprint density at radius 2 is 1.76 bits per heavy atom. The largest absolute Gasteiger partial charge is 0.306 e. The van der Waals surface area contributed by atoms with Gasteiger partial charge in [0.15, 0.2) is 0 Å². The number of thioether (sulfide) groups is 1. The summed E-state index contributed by atoms with van der Waals surface area (Å²) in [4.78, 5) is 13.9. The topological polar surface area (TPSA) is 44.1 Å². The lowest BCUT2D eigenvalue weighted by molar-refractivity contribution is 0.266. The molecule has 3 nitrogen and oxygen atoms in total. The molecular weight excluding hydrogens is 280 g/mol. The number of benzene rings is 2. The molecule has 0 radical (unpaired) electrons. The number of nitriles is 1. The second-order valence-corrected chi connectivity index (χ2v) is 5.95. The SMILES string of the molecule is C[C@H](SC(=O)N(C)c1ccc(C#N)cc1)c1ccccc1. The van der Waals surface area contributed by atoms with E-state index in [0.29, 0.717) is 5.56 Å². The van der Waals surface area contributed by atoms with Gasteiger partial charge in [-0.15, -0.1) is 0 Å². The molecule has 0 aliphatic carbocycles. The van der Waals surface area contributed by atoms with Gasteiger partial charge in [-0.2, -0.15) is 5.26 Å². The van der Waals surface area contributed by atoms with Crippen LogP contribution in [0.15, 0.2) is 54.6 Å². The Bertz CT molecular complexity index is 647. The molecule has 1 atom stereocenters. The predicted molar refractivity (Wildman–Crippen MR) is 87.4 cm³/mol. The monoisotopic (exact) mass is 296 g/mol. The lowest BCUT2D eigenvalue weighted by Crippen LogP contribution is -2.22. The zero-order chi connectivity index (χ0) is 15.2. The zero-order valence-electron chi connectivity index (χ0n) is 12.0. The van der Waals surface area contributed by atoms with Crippen molar-refractivity contribution in [1.29, 1.82) is 5.26 Å². The van der Waals surface area contributed by atoms with Gasteiger partial charge in [0.2, 0.25) is 0 Å². The lowest BCUT2D eigenvalue weighted by Gasteiger charge is -2.19. The highest BCUT2D eigenvalue weighted by Gasteiger charge is 2.16. The molecule has 21 heavy (non-hydrogen) atoms. The highest BCUT2D eigenvalue weighted by molar-refractivity contribution is 8.14. The minimum atomic E-state index is -0.0175. The zero-order valence-corrected chi connectivity index (χ0v) is 12.8. The van der Waals surface area contributed by atoms with Crippen molar-refractivity contribution >= 4 is 22.7 Å². The van der Waals surface area contributed by atoms with Gasteiger partial charge in [-0.3, -0.25) is 4.79 Å². The summed E-state index contributed by atoms with van der Waals surface area (Å²) >= 11 is 1.29. The summed E-state index contributed by atoms with van der Waals surface area (Å²) in [5.74, 6) is 0. The van der Waals surface area contributed by atoms with Gasteiger partial charge < -0.3 is 4.90 Å². The molecule has 0 aliphatic heterocycles. The summed E-state index contributed by atoms with van der Waals surface area (Å²) in [7, 11) is 1.74. The van der Waals surface area contributed by atoms with Crippen LogP contribution in [0.3, 0.4) is 0 Å². The van der Waals surface area contributed by atoms with E-state index in [4.69, 9.17) is 5.26 Å². The molecule has 0 saturated heterocycles. The van der Waals surface area contributed by atoms with Gasteiger partial charge >= 0.3 is 0 Å². The van der Waals surface area contributed by atoms with E-state index in [9.17, 15) is 4.79 Å². The minimum Gasteiger partial charge on any atom is -0.306 e. The maximum absolute atomic E-state index is 12.3. The van der Waals surface area contributed by atoms with Gasteiger partial charge in [0.05, 0.1) is 11.6 Å². The van der Waals surface area contributed by atoms with E-state index in [1.807, 2.05) is 37.3 Å². The molecule has 0 saturated carbocycles. The molecule has 4 heteroatoms. The number of hydrogen-bond donors (Lipinski definition) is 0. The molecule has 106 valence electrons. The van der Waals surface area contributed by atoms with E-state index in [2.05, 4.69) is 6.07 Å². The average Bonchev–Trinajstić information content (AvgIpc) is 2.55. The van der Waals surface area contributed by atoms with Crippen LogP contribution in [0.4, 0.5) is 10.5 Å². The molecule has 0 fully saturated rings. The highest BCUT2D eigenvalue weighted by atomic mass is 32.2. The molecule has 2 aromatic rings. The second kappa shape index (κ2) is 6.96. The number of carbonyl (C=O) groups is 1. The van der Waals surface area contributed by atoms with Gasteiger partial charge in [0, 0.05) is 18.0 Å². The summed E-state index contributed by atoms with van der Waals surface area (Å²) in [5, 5.41) is 8.87. The molecule has 1 amide bonds. The van der Waals surface area contributed by atoms with Crippen molar-refractivity contribution in [2.24, 2.45) is 0 Å². The Labute approximate surface area is 129 Å². The molecule has 2 rings (SSSR count). The second-order valence-electron chi connectivity index (χ2n) is 4.65. The fourth-order valence-electron chi connectivity index (χ4n) is 1.89. The normalized spacial score (nSPS) is 11.5. The van der Waals surface area contributed by atoms with E-state index in [0.717, 1.165) is 11.3 Å². The first-order valence-corrected chi connectivity index (χ1v) is 7.49. The molecule has 0 aliphatic rings. The minimum absolute atomic E-state index is 0.0175. The van der Waals surface area contributed by atoms with Crippen LogP contribution >= 0.6 is 11.8 Å². The number of rotatable bonds is 3. The maximum Gasteiger partial charge on any atom is 0.286 e. The van der Waals surface area contributed by atoms with Crippen molar-refractivity contribution in [2.75, 3.05) is 11.9 Å². The van der Waals surface area contributed by atoms with Gasteiger partial charge in [0.1, 0.15) is 0 Å². The summed E-state index contributed by atoms with van der Waals surface area (Å²) in [6.07, 6.45) is 0. The standard InChI is InChI=1S/C17H16N2OS/c1-13(15-6-4-3-5-7-15)21-17(20)19(2)16-10-8-14(12-18)9-11-16/h3-11,13H,1-2H3/t13-/m0/s1. The highest BCUT2D eigenvalue weighted by Crippen LogP contribution is 2.31. The molecule has 0 spiro atoms. The first-order chi connectivity index (χ1) is 10.1. The lowest BCUT2D eigenvalue weighted by atomic mass is 10.2. The number of anilines is 1. The van der Waals surface area contributed by atoms with E-state index < -0.39 is 0 Å². The first kappa shape index (κ1) is 15.1. The summed E-state index contributed by atoms with van der Waals surface area (Å²) in [6, 6.07) is 19.0. The summed E-state index contributed by atoms with van der Waals surface area (Å²) < 4.78 is 0. The van der Waals surface area contributed by atoms with Crippen LogP contribution in [-0.2, 0) is 0 Å². The van der Waals surface area contributed by atoms with E-state index in [1.165, 1.54) is 11.8 Å². The van der Waals surface area contributed by atoms with Crippen molar-refractivity contribution in [2.45, 2.75) is 12.2 Å². The van der Waals surface area contributed by atoms with Crippen LogP contribution in [0.5, 0.6) is 0 Å². The van der Waals surface area contributed by atoms with Crippen molar-refractivity contribution in [3.8, 4) is 6.07 Å². The van der Waals surface area contributed by atoms with Gasteiger partial charge in [-0.05, 0) is 36.8 Å². The summed E-state index contributed by atoms with van der Waals surface area (Å²) in [6.45, 7) is 2.02. The van der Waals surface area contributed by atoms with Crippen LogP contribution in [0.2, 0.25) is 0 Å². The van der Waals surface area contributed by atoms with Crippen LogP contribution < -0.4 is 4.90 Å². The predicted octanol–water partition coefficient (Wildman–Crippen LogP) is 4.61. The van der Waals surface area contributed by atoms with Crippen LogP contribution in [0, 0.1) is 11.3 Å². The van der Waals surface area contributed by atoms with Gasteiger partial charge in [0.25, 0.3) is 5.24 Å². The fraction of sp³-hybridized carbons (Fsp3) is 0.176. The molecule has 0 aromatic heterocycles. The molecule has 0 unspecified atom stereocenters. The Morgan fingerprint density at radius 1 is 1.14 bits per heavy atom. The molecule has 2 aromatic carbocycles. The number of nitrogens with zero attached hydrogens (tertiary/aromatic N) is 2. The molecule has 0 heterocycles. The first-order valence-electron chi connectivity index (χ1n) is 6.61. The van der Waals surface area contributed by atoms with Crippen LogP contribution in [0.25, 0.3) is 0 Å². The Kier molecular flexibility index (Phi) is 5.02. The smallest absolute Gasteiger partial charge is 0.286 e. The van der Waals surface area contributed by atoms with Crippen molar-refractivity contribution in [3.63, 3.8) is 0 Å². The van der Waals surface area contributed by atoms with E-state index >= 15 is 0 Å². The molecule has 0 N–H and O–H groups in total. The Balaban J connectivity index is 2.04. The van der Waals surface area contributed by atoms with E-state index in [1.54, 1.807) is 36.2 Å². The number of amides is 1. The maximum atomic E-state index is 12.3. The van der Waals surface area contributed by atoms with Crippen LogP contribution in [-0.4, -0.2) is 12.3 Å². The van der Waals surface area contributed by atoms with Crippen molar-refractivity contribution < 1.29 is 4.79 Å². The van der Waals surface area contributed by atoms with Crippen molar-refractivity contribution in [1.82, 2.24) is 0 Å². The molecular formula is C17H16N2OS. The van der Waals surface area contributed by atoms with Gasteiger partial charge in [-0.1, -0.05) is 42.1 Å². The third kappa shape index (κ3) is 3.87. The number of carbonyl (C=O) groups excluding carboxylic acids is 1. The third-order valence-corrected chi connectivity index (χ3v) is 4.31. The van der Waals surface area contributed by atoms with Crippen LogP contribution in [0.1, 0.15) is 23.3 Å². The van der Waals surface area contributed by atoms with E-state index in [-0.39, 0.29) is 10.5 Å². The number of hydrogen-bond acceptors (Lipinski definition) is 3. The Morgan fingerprint density at radius 3 is 2.33 bits per heavy atom. The van der Waals surface area contributed by atoms with Gasteiger partial charge in [-0.25, -0.2) is 0 Å². The molecule has 0 bridgehead atoms. The quantitative estimate of drug-likeness (QED) is 0.830. The van der Waals surface area contributed by atoms with Crippen molar-refractivity contribution in [3.05, 3.63) is 65.7 Å². The third-order valence-electron chi connectivity index (χ3n) is 3.20. The average molecular weight is 296 g/mol.